The minimum Gasteiger partial charge on any atom is -0.391 e. The van der Waals surface area contributed by atoms with E-state index in [0.717, 1.165) is 11.1 Å². The molecule has 2 rings (SSSR count). The molecule has 0 spiro atoms. The molecule has 0 amide bonds. The fraction of sp³-hybridized carbons (Fsp3) is 0.125. The number of hydrogen-bond acceptors (Lipinski definition) is 3. The molecule has 0 heterocycles. The van der Waals surface area contributed by atoms with Crippen LogP contribution in [-0.2, 0) is 11.4 Å². The highest BCUT2D eigenvalue weighted by Gasteiger charge is 1.94. The predicted molar refractivity (Wildman–Crippen MR) is 74.7 cm³/mol. The van der Waals surface area contributed by atoms with Gasteiger partial charge in [0.15, 0.2) is 0 Å². The summed E-state index contributed by atoms with van der Waals surface area (Å²) in [4.78, 5) is 5.22. The molecular weight excluding hydrogens is 236 g/mol. The summed E-state index contributed by atoms with van der Waals surface area (Å²) in [5.41, 5.74) is 3.84. The van der Waals surface area contributed by atoms with Gasteiger partial charge in [0.2, 0.25) is 0 Å². The lowest BCUT2D eigenvalue weighted by molar-refractivity contribution is 0.132. The van der Waals surface area contributed by atoms with Gasteiger partial charge in [0.25, 0.3) is 0 Å². The first kappa shape index (κ1) is 12.8. The maximum atomic E-state index is 8.69. The summed E-state index contributed by atoms with van der Waals surface area (Å²) in [7, 11) is 0. The van der Waals surface area contributed by atoms with Crippen molar-refractivity contribution in [2.45, 2.75) is 13.5 Å². The summed E-state index contributed by atoms with van der Waals surface area (Å²) in [5.74, 6) is 0. The van der Waals surface area contributed by atoms with Gasteiger partial charge in [0, 0.05) is 0 Å². The van der Waals surface area contributed by atoms with Crippen LogP contribution in [0.2, 0.25) is 0 Å². The Balaban J connectivity index is 1.87. The van der Waals surface area contributed by atoms with Crippen molar-refractivity contribution in [3.63, 3.8) is 0 Å². The molecule has 3 heteroatoms. The van der Waals surface area contributed by atoms with Crippen molar-refractivity contribution in [3.8, 4) is 6.07 Å². The second-order valence-electron chi connectivity index (χ2n) is 4.23. The molecular formula is C16H14N2O. The highest BCUT2D eigenvalue weighted by molar-refractivity contribution is 5.79. The van der Waals surface area contributed by atoms with E-state index >= 15 is 0 Å². The number of hydrogen-bond donors (Lipinski definition) is 0. The summed E-state index contributed by atoms with van der Waals surface area (Å²) in [6.45, 7) is 2.43. The third-order valence-electron chi connectivity index (χ3n) is 2.63. The number of nitriles is 1. The van der Waals surface area contributed by atoms with Gasteiger partial charge in [-0.05, 0) is 30.2 Å². The van der Waals surface area contributed by atoms with Crippen LogP contribution in [0.1, 0.15) is 22.3 Å². The van der Waals surface area contributed by atoms with Crippen molar-refractivity contribution in [3.05, 3.63) is 70.8 Å². The Kier molecular flexibility index (Phi) is 4.30. The average Bonchev–Trinajstić information content (AvgIpc) is 2.44. The van der Waals surface area contributed by atoms with E-state index in [1.807, 2.05) is 43.3 Å². The Bertz CT molecular complexity index is 609. The maximum absolute atomic E-state index is 8.69. The van der Waals surface area contributed by atoms with Crippen molar-refractivity contribution >= 4 is 6.21 Å². The fourth-order valence-electron chi connectivity index (χ4n) is 1.64. The molecule has 94 valence electrons. The first-order valence-electron chi connectivity index (χ1n) is 5.99. The van der Waals surface area contributed by atoms with Gasteiger partial charge in [-0.2, -0.15) is 5.26 Å². The summed E-state index contributed by atoms with van der Waals surface area (Å²) in [5, 5.41) is 12.6. The zero-order valence-electron chi connectivity index (χ0n) is 10.7. The second kappa shape index (κ2) is 6.36. The number of aryl methyl sites for hydroxylation is 1. The van der Waals surface area contributed by atoms with Gasteiger partial charge < -0.3 is 4.84 Å². The predicted octanol–water partition coefficient (Wildman–Crippen LogP) is 3.42. The van der Waals surface area contributed by atoms with Crippen LogP contribution in [0.4, 0.5) is 0 Å². The highest BCUT2D eigenvalue weighted by Crippen LogP contribution is 2.05. The van der Waals surface area contributed by atoms with E-state index in [0.29, 0.717) is 12.2 Å². The number of rotatable bonds is 4. The lowest BCUT2D eigenvalue weighted by Crippen LogP contribution is -1.89. The number of oxime groups is 1. The van der Waals surface area contributed by atoms with E-state index in [9.17, 15) is 0 Å². The molecule has 0 aliphatic carbocycles. The molecule has 2 aromatic carbocycles. The van der Waals surface area contributed by atoms with Gasteiger partial charge in [-0.3, -0.25) is 0 Å². The van der Waals surface area contributed by atoms with Crippen molar-refractivity contribution in [1.29, 1.82) is 5.26 Å². The van der Waals surface area contributed by atoms with Crippen LogP contribution < -0.4 is 0 Å². The van der Waals surface area contributed by atoms with Crippen molar-refractivity contribution < 1.29 is 4.84 Å². The molecule has 0 saturated heterocycles. The summed E-state index contributed by atoms with van der Waals surface area (Å²) in [6, 6.07) is 17.4. The van der Waals surface area contributed by atoms with Crippen LogP contribution in [-0.4, -0.2) is 6.21 Å². The van der Waals surface area contributed by atoms with Crippen molar-refractivity contribution in [2.24, 2.45) is 5.16 Å². The van der Waals surface area contributed by atoms with Crippen LogP contribution in [0.15, 0.2) is 53.7 Å². The summed E-state index contributed by atoms with van der Waals surface area (Å²) >= 11 is 0. The van der Waals surface area contributed by atoms with Crippen LogP contribution in [0.25, 0.3) is 0 Å². The third kappa shape index (κ3) is 3.97. The quantitative estimate of drug-likeness (QED) is 0.616. The Morgan fingerprint density at radius 3 is 2.68 bits per heavy atom. The first-order valence-corrected chi connectivity index (χ1v) is 5.99. The summed E-state index contributed by atoms with van der Waals surface area (Å²) < 4.78 is 0. The first-order chi connectivity index (χ1) is 9.28. The Hall–Kier alpha value is -2.60. The maximum Gasteiger partial charge on any atom is 0.142 e. The SMILES string of the molecule is Cc1cccc(C=NOCc2ccc(C#N)cc2)c1. The van der Waals surface area contributed by atoms with Gasteiger partial charge in [-0.15, -0.1) is 0 Å². The molecule has 0 unspecified atom stereocenters. The highest BCUT2D eigenvalue weighted by atomic mass is 16.6. The zero-order valence-corrected chi connectivity index (χ0v) is 10.7. The molecule has 0 bridgehead atoms. The molecule has 19 heavy (non-hydrogen) atoms. The molecule has 2 aromatic rings. The number of nitrogens with zero attached hydrogens (tertiary/aromatic N) is 2. The molecule has 3 nitrogen and oxygen atoms in total. The normalized spacial score (nSPS) is 10.3. The van der Waals surface area contributed by atoms with Crippen LogP contribution in [0.3, 0.4) is 0 Å². The van der Waals surface area contributed by atoms with E-state index in [1.54, 1.807) is 18.3 Å². The molecule has 0 N–H and O–H groups in total. The van der Waals surface area contributed by atoms with Gasteiger partial charge in [-0.25, -0.2) is 0 Å². The standard InChI is InChI=1S/C16H14N2O/c1-13-3-2-4-16(9-13)11-18-19-12-15-7-5-14(10-17)6-8-15/h2-9,11H,12H2,1H3. The fourth-order valence-corrected chi connectivity index (χ4v) is 1.64. The molecule has 0 radical (unpaired) electrons. The van der Waals surface area contributed by atoms with E-state index in [2.05, 4.69) is 11.2 Å². The van der Waals surface area contributed by atoms with Crippen molar-refractivity contribution in [2.75, 3.05) is 0 Å². The zero-order chi connectivity index (χ0) is 13.5. The van der Waals surface area contributed by atoms with E-state index < -0.39 is 0 Å². The Morgan fingerprint density at radius 1 is 1.21 bits per heavy atom. The van der Waals surface area contributed by atoms with E-state index in [4.69, 9.17) is 10.1 Å². The minimum atomic E-state index is 0.397. The second-order valence-corrected chi connectivity index (χ2v) is 4.23. The average molecular weight is 250 g/mol. The summed E-state index contributed by atoms with van der Waals surface area (Å²) in [6.07, 6.45) is 1.69. The van der Waals surface area contributed by atoms with Crippen LogP contribution >= 0.6 is 0 Å². The molecule has 0 aromatic heterocycles. The van der Waals surface area contributed by atoms with Gasteiger partial charge in [0.05, 0.1) is 17.8 Å². The smallest absolute Gasteiger partial charge is 0.142 e. The lowest BCUT2D eigenvalue weighted by atomic mass is 10.2. The van der Waals surface area contributed by atoms with Gasteiger partial charge >= 0.3 is 0 Å². The van der Waals surface area contributed by atoms with Gasteiger partial charge in [-0.1, -0.05) is 47.1 Å². The van der Waals surface area contributed by atoms with Gasteiger partial charge in [0.1, 0.15) is 6.61 Å². The molecule has 0 fully saturated rings. The Labute approximate surface area is 112 Å². The van der Waals surface area contributed by atoms with E-state index in [-0.39, 0.29) is 0 Å². The van der Waals surface area contributed by atoms with Crippen molar-refractivity contribution in [1.82, 2.24) is 0 Å². The molecule has 0 aliphatic heterocycles. The number of benzene rings is 2. The molecule has 0 atom stereocenters. The Morgan fingerprint density at radius 2 is 2.00 bits per heavy atom. The lowest BCUT2D eigenvalue weighted by Gasteiger charge is -2.00. The van der Waals surface area contributed by atoms with Crippen LogP contribution in [0, 0.1) is 18.3 Å². The third-order valence-corrected chi connectivity index (χ3v) is 2.63. The minimum absolute atomic E-state index is 0.397. The van der Waals surface area contributed by atoms with Crippen LogP contribution in [0.5, 0.6) is 0 Å². The topological polar surface area (TPSA) is 45.4 Å². The largest absolute Gasteiger partial charge is 0.391 e. The molecule has 0 saturated carbocycles. The van der Waals surface area contributed by atoms with E-state index in [1.165, 1.54) is 5.56 Å². The molecule has 0 aliphatic rings. The monoisotopic (exact) mass is 250 g/mol.